The van der Waals surface area contributed by atoms with Crippen molar-refractivity contribution in [1.29, 1.82) is 0 Å². The van der Waals surface area contributed by atoms with Gasteiger partial charge in [-0.05, 0) is 67.0 Å². The van der Waals surface area contributed by atoms with E-state index in [1.807, 2.05) is 20.8 Å². The molecule has 0 aliphatic rings. The number of benzene rings is 1. The van der Waals surface area contributed by atoms with Crippen LogP contribution in [0, 0.1) is 12.3 Å². The van der Waals surface area contributed by atoms with Crippen LogP contribution in [0.25, 0.3) is 0 Å². The molecule has 3 amide bonds. The average Bonchev–Trinajstić information content (AvgIpc) is 2.62. The van der Waals surface area contributed by atoms with Crippen molar-refractivity contribution in [1.82, 2.24) is 15.5 Å². The first kappa shape index (κ1) is 26.0. The third kappa shape index (κ3) is 7.97. The number of alkyl carbamates (subject to hydrolysis) is 1. The smallest absolute Gasteiger partial charge is 0.408 e. The number of rotatable bonds is 6. The molecule has 7 heteroatoms. The van der Waals surface area contributed by atoms with Crippen LogP contribution in [0.5, 0.6) is 0 Å². The molecule has 1 aromatic rings. The van der Waals surface area contributed by atoms with Crippen LogP contribution in [0.4, 0.5) is 4.79 Å². The van der Waals surface area contributed by atoms with Gasteiger partial charge < -0.3 is 20.3 Å². The van der Waals surface area contributed by atoms with E-state index in [-0.39, 0.29) is 12.5 Å². The zero-order chi connectivity index (χ0) is 24.0. The molecule has 0 heterocycles. The van der Waals surface area contributed by atoms with Gasteiger partial charge in [-0.3, -0.25) is 9.59 Å². The second-order valence-corrected chi connectivity index (χ2v) is 9.37. The molecule has 1 aromatic carbocycles. The molecular formula is C24H35N3O4. The van der Waals surface area contributed by atoms with Crippen LogP contribution < -0.4 is 10.6 Å². The minimum atomic E-state index is -0.952. The van der Waals surface area contributed by atoms with Crippen molar-refractivity contribution < 1.29 is 19.1 Å². The molecule has 0 aliphatic carbocycles. The average molecular weight is 430 g/mol. The summed E-state index contributed by atoms with van der Waals surface area (Å²) in [5.74, 6) is 1.82. The fourth-order valence-corrected chi connectivity index (χ4v) is 3.02. The second-order valence-electron chi connectivity index (χ2n) is 9.37. The molecule has 0 aliphatic heterocycles. The lowest BCUT2D eigenvalue weighted by molar-refractivity contribution is -0.142. The van der Waals surface area contributed by atoms with Crippen LogP contribution >= 0.6 is 0 Å². The molecule has 7 nitrogen and oxygen atoms in total. The van der Waals surface area contributed by atoms with Gasteiger partial charge in [0, 0.05) is 17.6 Å². The summed E-state index contributed by atoms with van der Waals surface area (Å²) in [5, 5.41) is 5.48. The van der Waals surface area contributed by atoms with Crippen LogP contribution in [-0.4, -0.2) is 46.5 Å². The van der Waals surface area contributed by atoms with E-state index in [1.165, 1.54) is 4.90 Å². The maximum atomic E-state index is 13.3. The lowest BCUT2D eigenvalue weighted by Crippen LogP contribution is -2.53. The first-order valence-electron chi connectivity index (χ1n) is 10.4. The molecule has 0 saturated carbocycles. The van der Waals surface area contributed by atoms with Gasteiger partial charge in [-0.15, -0.1) is 6.42 Å². The number of hydrogen-bond acceptors (Lipinski definition) is 4. The number of hydrogen-bond donors (Lipinski definition) is 2. The van der Waals surface area contributed by atoms with Crippen molar-refractivity contribution in [3.05, 3.63) is 35.4 Å². The molecule has 0 radical (unpaired) electrons. The maximum absolute atomic E-state index is 13.3. The largest absolute Gasteiger partial charge is 0.444 e. The quantitative estimate of drug-likeness (QED) is 0.679. The van der Waals surface area contributed by atoms with Crippen LogP contribution in [0.3, 0.4) is 0 Å². The number of nitrogens with zero attached hydrogens (tertiary/aromatic N) is 1. The van der Waals surface area contributed by atoms with Gasteiger partial charge >= 0.3 is 6.09 Å². The standard InChI is InChI=1S/C24H35N3O4/c1-10-17-14-12-13-15-18(17)19(20(28)26-23(4,5)6)27(11-2)21(29)16(3)25-22(30)31-24(7,8)9/h1,12-16,19H,11H2,2-9H3,(H,25,30)(H,26,28). The van der Waals surface area contributed by atoms with Gasteiger partial charge in [0.1, 0.15) is 17.7 Å². The summed E-state index contributed by atoms with van der Waals surface area (Å²) in [7, 11) is 0. The molecule has 31 heavy (non-hydrogen) atoms. The lowest BCUT2D eigenvalue weighted by Gasteiger charge is -2.35. The van der Waals surface area contributed by atoms with Crippen molar-refractivity contribution in [3.63, 3.8) is 0 Å². The molecule has 2 unspecified atom stereocenters. The van der Waals surface area contributed by atoms with Crippen molar-refractivity contribution >= 4 is 17.9 Å². The second kappa shape index (κ2) is 10.3. The Morgan fingerprint density at radius 2 is 1.71 bits per heavy atom. The van der Waals surface area contributed by atoms with Gasteiger partial charge in [0.2, 0.25) is 11.8 Å². The van der Waals surface area contributed by atoms with Crippen LogP contribution in [0.2, 0.25) is 0 Å². The summed E-state index contributed by atoms with van der Waals surface area (Å²) in [4.78, 5) is 40.1. The Morgan fingerprint density at radius 3 is 2.19 bits per heavy atom. The Bertz CT molecular complexity index is 844. The fraction of sp³-hybridized carbons (Fsp3) is 0.542. The Hall–Kier alpha value is -3.01. The first-order valence-corrected chi connectivity index (χ1v) is 10.4. The number of nitrogens with one attached hydrogen (secondary N) is 2. The normalized spacial score (nSPS) is 13.4. The number of likely N-dealkylation sites (N-methyl/N-ethyl adjacent to an activating group) is 1. The van der Waals surface area contributed by atoms with E-state index in [1.54, 1.807) is 58.9 Å². The number of carbonyl (C=O) groups is 3. The molecule has 0 fully saturated rings. The molecule has 0 aromatic heterocycles. The minimum Gasteiger partial charge on any atom is -0.444 e. The van der Waals surface area contributed by atoms with E-state index in [9.17, 15) is 14.4 Å². The highest BCUT2D eigenvalue weighted by Gasteiger charge is 2.36. The van der Waals surface area contributed by atoms with Gasteiger partial charge in [-0.25, -0.2) is 4.79 Å². The first-order chi connectivity index (χ1) is 14.2. The monoisotopic (exact) mass is 429 g/mol. The molecule has 0 bridgehead atoms. The molecule has 1 rings (SSSR count). The molecule has 170 valence electrons. The Morgan fingerprint density at radius 1 is 1.13 bits per heavy atom. The third-order valence-corrected chi connectivity index (χ3v) is 4.20. The molecule has 0 spiro atoms. The Labute approximate surface area is 185 Å². The number of amides is 3. The Kier molecular flexibility index (Phi) is 8.68. The van der Waals surface area contributed by atoms with Crippen LogP contribution in [-0.2, 0) is 14.3 Å². The summed E-state index contributed by atoms with van der Waals surface area (Å²) in [6, 6.07) is 5.16. The molecular weight excluding hydrogens is 394 g/mol. The van der Waals surface area contributed by atoms with Crippen LogP contribution in [0.15, 0.2) is 24.3 Å². The van der Waals surface area contributed by atoms with Gasteiger partial charge in [0.15, 0.2) is 0 Å². The predicted molar refractivity (Wildman–Crippen MR) is 121 cm³/mol. The Balaban J connectivity index is 3.31. The minimum absolute atomic E-state index is 0.236. The summed E-state index contributed by atoms with van der Waals surface area (Å²) in [6.07, 6.45) is 4.95. The van der Waals surface area contributed by atoms with Gasteiger partial charge in [-0.1, -0.05) is 24.1 Å². The number of terminal acetylenes is 1. The molecule has 2 N–H and O–H groups in total. The summed E-state index contributed by atoms with van der Waals surface area (Å²) < 4.78 is 5.24. The SMILES string of the molecule is C#Cc1ccccc1C(C(=O)NC(C)(C)C)N(CC)C(=O)C(C)NC(=O)OC(C)(C)C. The summed E-state index contributed by atoms with van der Waals surface area (Å²) >= 11 is 0. The highest BCUT2D eigenvalue weighted by atomic mass is 16.6. The summed E-state index contributed by atoms with van der Waals surface area (Å²) in [6.45, 7) is 14.4. The maximum Gasteiger partial charge on any atom is 0.408 e. The molecule has 2 atom stereocenters. The lowest BCUT2D eigenvalue weighted by atomic mass is 9.96. The van der Waals surface area contributed by atoms with E-state index in [0.29, 0.717) is 11.1 Å². The van der Waals surface area contributed by atoms with Crippen molar-refractivity contribution in [3.8, 4) is 12.3 Å². The van der Waals surface area contributed by atoms with E-state index in [0.717, 1.165) is 0 Å². The van der Waals surface area contributed by atoms with Crippen molar-refractivity contribution in [2.75, 3.05) is 6.54 Å². The van der Waals surface area contributed by atoms with Gasteiger partial charge in [-0.2, -0.15) is 0 Å². The van der Waals surface area contributed by atoms with E-state index < -0.39 is 35.2 Å². The van der Waals surface area contributed by atoms with Gasteiger partial charge in [0.05, 0.1) is 0 Å². The highest BCUT2D eigenvalue weighted by molar-refractivity contribution is 5.92. The van der Waals surface area contributed by atoms with Gasteiger partial charge in [0.25, 0.3) is 0 Å². The summed E-state index contributed by atoms with van der Waals surface area (Å²) in [5.41, 5.74) is -0.136. The highest BCUT2D eigenvalue weighted by Crippen LogP contribution is 2.26. The van der Waals surface area contributed by atoms with E-state index >= 15 is 0 Å². The third-order valence-electron chi connectivity index (χ3n) is 4.20. The zero-order valence-corrected chi connectivity index (χ0v) is 19.8. The fourth-order valence-electron chi connectivity index (χ4n) is 3.02. The van der Waals surface area contributed by atoms with Crippen molar-refractivity contribution in [2.24, 2.45) is 0 Å². The zero-order valence-electron chi connectivity index (χ0n) is 19.8. The van der Waals surface area contributed by atoms with Crippen LogP contribution in [0.1, 0.15) is 72.6 Å². The molecule has 0 saturated heterocycles. The van der Waals surface area contributed by atoms with Crippen molar-refractivity contribution in [2.45, 2.75) is 78.6 Å². The number of carbonyl (C=O) groups excluding carboxylic acids is 3. The van der Waals surface area contributed by atoms with E-state index in [2.05, 4.69) is 16.6 Å². The predicted octanol–water partition coefficient (Wildman–Crippen LogP) is 3.39. The number of ether oxygens (including phenoxy) is 1. The topological polar surface area (TPSA) is 87.7 Å². The van der Waals surface area contributed by atoms with E-state index in [4.69, 9.17) is 11.2 Å².